The van der Waals surface area contributed by atoms with Crippen molar-refractivity contribution >= 4 is 5.82 Å². The van der Waals surface area contributed by atoms with Crippen LogP contribution in [0.25, 0.3) is 0 Å². The highest BCUT2D eigenvalue weighted by Crippen LogP contribution is 2.04. The molecule has 0 bridgehead atoms. The lowest BCUT2D eigenvalue weighted by atomic mass is 10.2. The maximum absolute atomic E-state index is 12.0. The highest BCUT2D eigenvalue weighted by atomic mass is 16.1. The number of hydrogen-bond acceptors (Lipinski definition) is 4. The van der Waals surface area contributed by atoms with Crippen molar-refractivity contribution < 1.29 is 0 Å². The van der Waals surface area contributed by atoms with E-state index in [1.807, 2.05) is 6.92 Å². The number of anilines is 1. The smallest absolute Gasteiger partial charge is 0.293 e. The van der Waals surface area contributed by atoms with Crippen LogP contribution in [0, 0.1) is 0 Å². The van der Waals surface area contributed by atoms with E-state index in [9.17, 15) is 4.79 Å². The van der Waals surface area contributed by atoms with E-state index >= 15 is 0 Å². The van der Waals surface area contributed by atoms with Crippen molar-refractivity contribution in [3.05, 3.63) is 22.7 Å². The fourth-order valence-electron chi connectivity index (χ4n) is 2.23. The first-order valence-corrected chi connectivity index (χ1v) is 7.02. The van der Waals surface area contributed by atoms with Gasteiger partial charge in [-0.25, -0.2) is 4.98 Å². The molecule has 0 saturated carbocycles. The molecule has 19 heavy (non-hydrogen) atoms. The average Bonchev–Trinajstić information content (AvgIpc) is 2.35. The van der Waals surface area contributed by atoms with Crippen LogP contribution >= 0.6 is 0 Å². The maximum atomic E-state index is 12.0. The van der Waals surface area contributed by atoms with Gasteiger partial charge in [0.2, 0.25) is 0 Å². The minimum atomic E-state index is -0.0503. The summed E-state index contributed by atoms with van der Waals surface area (Å²) < 4.78 is 1.65. The second kappa shape index (κ2) is 7.28. The van der Waals surface area contributed by atoms with Crippen LogP contribution < -0.4 is 10.9 Å². The van der Waals surface area contributed by atoms with Crippen molar-refractivity contribution in [3.8, 4) is 0 Å². The Labute approximate surface area is 115 Å². The second-order valence-electron chi connectivity index (χ2n) is 5.22. The van der Waals surface area contributed by atoms with Crippen LogP contribution in [-0.2, 0) is 6.54 Å². The lowest BCUT2D eigenvalue weighted by Gasteiger charge is -2.30. The van der Waals surface area contributed by atoms with E-state index in [4.69, 9.17) is 0 Å². The molecule has 0 amide bonds. The third-order valence-corrected chi connectivity index (χ3v) is 3.24. The molecule has 5 nitrogen and oxygen atoms in total. The lowest BCUT2D eigenvalue weighted by molar-refractivity contribution is 0.182. The Kier molecular flexibility index (Phi) is 6.02. The molecule has 0 saturated heterocycles. The number of hydrogen-bond donors (Lipinski definition) is 1. The van der Waals surface area contributed by atoms with Crippen LogP contribution in [0.3, 0.4) is 0 Å². The van der Waals surface area contributed by atoms with Crippen LogP contribution in [0.1, 0.15) is 34.6 Å². The van der Waals surface area contributed by atoms with Gasteiger partial charge >= 0.3 is 0 Å². The van der Waals surface area contributed by atoms with Crippen LogP contribution in [0.4, 0.5) is 5.82 Å². The molecule has 0 aliphatic carbocycles. The van der Waals surface area contributed by atoms with E-state index in [0.29, 0.717) is 24.4 Å². The number of aryl methyl sites for hydroxylation is 1. The van der Waals surface area contributed by atoms with Crippen LogP contribution in [0.2, 0.25) is 0 Å². The van der Waals surface area contributed by atoms with Crippen molar-refractivity contribution in [1.82, 2.24) is 14.5 Å². The Hall–Kier alpha value is -1.36. The quantitative estimate of drug-likeness (QED) is 0.817. The predicted molar refractivity (Wildman–Crippen MR) is 79.6 cm³/mol. The molecule has 1 N–H and O–H groups in total. The van der Waals surface area contributed by atoms with Crippen LogP contribution in [-0.4, -0.2) is 39.6 Å². The van der Waals surface area contributed by atoms with E-state index in [1.165, 1.54) is 0 Å². The number of nitrogens with one attached hydrogen (secondary N) is 1. The molecular formula is C14H26N4O. The zero-order valence-electron chi connectivity index (χ0n) is 12.7. The fraction of sp³-hybridized carbons (Fsp3) is 0.714. The summed E-state index contributed by atoms with van der Waals surface area (Å²) in [6.45, 7) is 13.0. The number of rotatable bonds is 7. The monoisotopic (exact) mass is 266 g/mol. The molecule has 0 radical (unpaired) electrons. The molecule has 0 unspecified atom stereocenters. The fourth-order valence-corrected chi connectivity index (χ4v) is 2.23. The molecule has 1 heterocycles. The molecule has 1 rings (SSSR count). The minimum Gasteiger partial charge on any atom is -0.364 e. The van der Waals surface area contributed by atoms with Gasteiger partial charge in [0.25, 0.3) is 5.56 Å². The molecule has 0 fully saturated rings. The van der Waals surface area contributed by atoms with Gasteiger partial charge in [0.15, 0.2) is 5.82 Å². The van der Waals surface area contributed by atoms with Crippen LogP contribution in [0.15, 0.2) is 17.2 Å². The summed E-state index contributed by atoms with van der Waals surface area (Å²) in [6, 6.07) is 0.996. The van der Waals surface area contributed by atoms with E-state index in [2.05, 4.69) is 42.9 Å². The van der Waals surface area contributed by atoms with Gasteiger partial charge in [-0.05, 0) is 34.6 Å². The third-order valence-electron chi connectivity index (χ3n) is 3.24. The van der Waals surface area contributed by atoms with Crippen LogP contribution in [0.5, 0.6) is 0 Å². The molecule has 0 aromatic carbocycles. The van der Waals surface area contributed by atoms with Crippen molar-refractivity contribution in [1.29, 1.82) is 0 Å². The SMILES string of the molecule is CCn1ccnc(NCCN(C(C)C)C(C)C)c1=O. The summed E-state index contributed by atoms with van der Waals surface area (Å²) in [6.07, 6.45) is 3.37. The zero-order valence-corrected chi connectivity index (χ0v) is 12.7. The van der Waals surface area contributed by atoms with Gasteiger partial charge in [0, 0.05) is 44.1 Å². The molecule has 1 aromatic heterocycles. The topological polar surface area (TPSA) is 50.2 Å². The van der Waals surface area contributed by atoms with E-state index < -0.39 is 0 Å². The number of nitrogens with zero attached hydrogens (tertiary/aromatic N) is 3. The third kappa shape index (κ3) is 4.35. The van der Waals surface area contributed by atoms with Crippen molar-refractivity contribution in [3.63, 3.8) is 0 Å². The van der Waals surface area contributed by atoms with E-state index in [0.717, 1.165) is 13.1 Å². The zero-order chi connectivity index (χ0) is 14.4. The molecule has 5 heteroatoms. The molecule has 0 spiro atoms. The lowest BCUT2D eigenvalue weighted by Crippen LogP contribution is -2.40. The summed E-state index contributed by atoms with van der Waals surface area (Å²) >= 11 is 0. The predicted octanol–water partition coefficient (Wildman–Crippen LogP) is 1.79. The minimum absolute atomic E-state index is 0.0503. The summed E-state index contributed by atoms with van der Waals surface area (Å²) in [5.74, 6) is 0.441. The van der Waals surface area contributed by atoms with E-state index in [-0.39, 0.29) is 5.56 Å². The van der Waals surface area contributed by atoms with Gasteiger partial charge in [-0.15, -0.1) is 0 Å². The summed E-state index contributed by atoms with van der Waals surface area (Å²) in [4.78, 5) is 18.5. The highest BCUT2D eigenvalue weighted by molar-refractivity contribution is 5.30. The van der Waals surface area contributed by atoms with Crippen molar-refractivity contribution in [2.24, 2.45) is 0 Å². The van der Waals surface area contributed by atoms with Gasteiger partial charge < -0.3 is 9.88 Å². The molecule has 0 aliphatic heterocycles. The molecule has 0 atom stereocenters. The Bertz CT molecular complexity index is 431. The highest BCUT2D eigenvalue weighted by Gasteiger charge is 2.12. The molecule has 0 aliphatic rings. The second-order valence-corrected chi connectivity index (χ2v) is 5.22. The Morgan fingerprint density at radius 3 is 2.47 bits per heavy atom. The average molecular weight is 266 g/mol. The standard InChI is InChI=1S/C14H26N4O/c1-6-17-9-7-15-13(14(17)19)16-8-10-18(11(2)3)12(4)5/h7,9,11-12H,6,8,10H2,1-5H3,(H,15,16). The van der Waals surface area contributed by atoms with Gasteiger partial charge in [0.05, 0.1) is 0 Å². The Morgan fingerprint density at radius 1 is 1.32 bits per heavy atom. The molecule has 1 aromatic rings. The van der Waals surface area contributed by atoms with Gasteiger partial charge in [-0.2, -0.15) is 0 Å². The Morgan fingerprint density at radius 2 is 1.95 bits per heavy atom. The first-order valence-electron chi connectivity index (χ1n) is 7.02. The summed E-state index contributed by atoms with van der Waals surface area (Å²) in [7, 11) is 0. The normalized spacial score (nSPS) is 11.6. The van der Waals surface area contributed by atoms with Gasteiger partial charge in [-0.1, -0.05) is 0 Å². The molecular weight excluding hydrogens is 240 g/mol. The van der Waals surface area contributed by atoms with Crippen molar-refractivity contribution in [2.45, 2.75) is 53.2 Å². The maximum Gasteiger partial charge on any atom is 0.293 e. The first-order chi connectivity index (χ1) is 8.97. The van der Waals surface area contributed by atoms with Crippen molar-refractivity contribution in [2.75, 3.05) is 18.4 Å². The number of aromatic nitrogens is 2. The molecule has 108 valence electrons. The largest absolute Gasteiger partial charge is 0.364 e. The Balaban J connectivity index is 2.60. The first kappa shape index (κ1) is 15.7. The summed E-state index contributed by atoms with van der Waals surface area (Å²) in [5, 5.41) is 3.14. The van der Waals surface area contributed by atoms with Gasteiger partial charge in [0.1, 0.15) is 0 Å². The van der Waals surface area contributed by atoms with Gasteiger partial charge in [-0.3, -0.25) is 9.69 Å². The van der Waals surface area contributed by atoms with E-state index in [1.54, 1.807) is 17.0 Å². The summed E-state index contributed by atoms with van der Waals surface area (Å²) in [5.41, 5.74) is -0.0503.